The van der Waals surface area contributed by atoms with Gasteiger partial charge in [0.2, 0.25) is 0 Å². The number of hydrazone groups is 1. The molecule has 156 valence electrons. The maximum absolute atomic E-state index is 13.0. The van der Waals surface area contributed by atoms with E-state index < -0.39 is 6.61 Å². The third-order valence-electron chi connectivity index (χ3n) is 5.03. The fraction of sp³-hybridized carbons (Fsp3) is 0.333. The summed E-state index contributed by atoms with van der Waals surface area (Å²) in [5.74, 6) is 0.0259. The number of nitrogens with one attached hydrogen (secondary N) is 1. The zero-order valence-electron chi connectivity index (χ0n) is 16.8. The number of amides is 1. The van der Waals surface area contributed by atoms with Gasteiger partial charge in [-0.2, -0.15) is 19.0 Å². The summed E-state index contributed by atoms with van der Waals surface area (Å²) in [6, 6.07) is 7.97. The Morgan fingerprint density at radius 1 is 1.33 bits per heavy atom. The summed E-state index contributed by atoms with van der Waals surface area (Å²) in [4.78, 5) is 17.6. The number of halogens is 2. The zero-order valence-corrected chi connectivity index (χ0v) is 16.8. The Labute approximate surface area is 171 Å². The molecule has 30 heavy (non-hydrogen) atoms. The lowest BCUT2D eigenvalue weighted by Crippen LogP contribution is -2.20. The van der Waals surface area contributed by atoms with Gasteiger partial charge in [0.05, 0.1) is 22.4 Å². The standard InChI is InChI=1S/C21H21F2N5O2/c1-11(14-5-4-6-15(9-14)30-21(22)23)25-26-20(29)16-10-17(13-7-8-13)24-19-18(16)12(2)27-28(19)3/h4-6,9-10,13,21H,7-8H2,1-3H3,(H,26,29)/b25-11-. The van der Waals surface area contributed by atoms with E-state index in [9.17, 15) is 13.6 Å². The van der Waals surface area contributed by atoms with Crippen molar-refractivity contribution in [2.45, 2.75) is 39.2 Å². The summed E-state index contributed by atoms with van der Waals surface area (Å²) in [6.45, 7) is 0.602. The van der Waals surface area contributed by atoms with Crippen LogP contribution >= 0.6 is 0 Å². The van der Waals surface area contributed by atoms with Crippen molar-refractivity contribution >= 4 is 22.7 Å². The third-order valence-corrected chi connectivity index (χ3v) is 5.03. The molecule has 2 heterocycles. The smallest absolute Gasteiger partial charge is 0.387 e. The summed E-state index contributed by atoms with van der Waals surface area (Å²) >= 11 is 0. The number of alkyl halides is 2. The maximum atomic E-state index is 13.0. The van der Waals surface area contributed by atoms with Crippen molar-refractivity contribution < 1.29 is 18.3 Å². The number of nitrogens with zero attached hydrogens (tertiary/aromatic N) is 4. The molecule has 0 atom stereocenters. The lowest BCUT2D eigenvalue weighted by atomic mass is 10.1. The molecule has 9 heteroatoms. The van der Waals surface area contributed by atoms with E-state index in [1.807, 2.05) is 13.0 Å². The van der Waals surface area contributed by atoms with Gasteiger partial charge in [-0.25, -0.2) is 10.4 Å². The number of rotatable bonds is 6. The van der Waals surface area contributed by atoms with Crippen molar-refractivity contribution in [3.63, 3.8) is 0 Å². The number of pyridine rings is 1. The molecule has 1 aromatic carbocycles. The summed E-state index contributed by atoms with van der Waals surface area (Å²) < 4.78 is 30.9. The first-order chi connectivity index (χ1) is 14.3. The van der Waals surface area contributed by atoms with Crippen LogP contribution in [0.2, 0.25) is 0 Å². The molecule has 7 nitrogen and oxygen atoms in total. The quantitative estimate of drug-likeness (QED) is 0.491. The van der Waals surface area contributed by atoms with Gasteiger partial charge in [0.15, 0.2) is 5.65 Å². The van der Waals surface area contributed by atoms with Gasteiger partial charge in [0.25, 0.3) is 5.91 Å². The van der Waals surface area contributed by atoms with Gasteiger partial charge in [0, 0.05) is 24.2 Å². The first-order valence-electron chi connectivity index (χ1n) is 9.57. The van der Waals surface area contributed by atoms with Crippen LogP contribution in [0.1, 0.15) is 53.0 Å². The molecular weight excluding hydrogens is 392 g/mol. The van der Waals surface area contributed by atoms with Crippen LogP contribution in [-0.2, 0) is 7.05 Å². The van der Waals surface area contributed by atoms with E-state index in [-0.39, 0.29) is 11.7 Å². The van der Waals surface area contributed by atoms with Crippen LogP contribution in [0.25, 0.3) is 11.0 Å². The molecule has 0 saturated heterocycles. The predicted octanol–water partition coefficient (Wildman–Crippen LogP) is 3.91. The van der Waals surface area contributed by atoms with Gasteiger partial charge >= 0.3 is 6.61 Å². The topological polar surface area (TPSA) is 81.4 Å². The molecule has 1 fully saturated rings. The molecule has 1 amide bonds. The monoisotopic (exact) mass is 413 g/mol. The fourth-order valence-electron chi connectivity index (χ4n) is 3.39. The Morgan fingerprint density at radius 3 is 2.80 bits per heavy atom. The number of ether oxygens (including phenoxy) is 1. The molecule has 1 aliphatic carbocycles. The Morgan fingerprint density at radius 2 is 2.10 bits per heavy atom. The second kappa shape index (κ2) is 7.81. The van der Waals surface area contributed by atoms with E-state index in [4.69, 9.17) is 0 Å². The Hall–Kier alpha value is -3.36. The molecule has 1 aliphatic rings. The molecular formula is C21H21F2N5O2. The molecule has 1 N–H and O–H groups in total. The normalized spacial score (nSPS) is 14.4. The number of fused-ring (bicyclic) bond motifs is 1. The van der Waals surface area contributed by atoms with Crippen LogP contribution in [0.15, 0.2) is 35.4 Å². The average molecular weight is 413 g/mol. The van der Waals surface area contributed by atoms with Gasteiger partial charge in [-0.1, -0.05) is 12.1 Å². The minimum absolute atomic E-state index is 0.0271. The van der Waals surface area contributed by atoms with Crippen molar-refractivity contribution in [3.05, 3.63) is 52.8 Å². The number of aryl methyl sites for hydroxylation is 2. The van der Waals surface area contributed by atoms with Crippen LogP contribution in [0, 0.1) is 6.92 Å². The highest BCUT2D eigenvalue weighted by molar-refractivity contribution is 6.07. The molecule has 0 bridgehead atoms. The summed E-state index contributed by atoms with van der Waals surface area (Å²) in [7, 11) is 1.80. The van der Waals surface area contributed by atoms with E-state index in [0.717, 1.165) is 18.5 Å². The van der Waals surface area contributed by atoms with Crippen molar-refractivity contribution in [3.8, 4) is 5.75 Å². The molecule has 0 spiro atoms. The van der Waals surface area contributed by atoms with Crippen molar-refractivity contribution in [2.75, 3.05) is 0 Å². The minimum atomic E-state index is -2.91. The second-order valence-electron chi connectivity index (χ2n) is 7.32. The van der Waals surface area contributed by atoms with Crippen LogP contribution in [0.4, 0.5) is 8.78 Å². The molecule has 0 unspecified atom stereocenters. The van der Waals surface area contributed by atoms with E-state index in [1.165, 1.54) is 12.1 Å². The Bertz CT molecular complexity index is 1150. The number of carbonyl (C=O) groups is 1. The van der Waals surface area contributed by atoms with Crippen LogP contribution in [-0.4, -0.2) is 33.0 Å². The molecule has 0 radical (unpaired) electrons. The number of carbonyl (C=O) groups excluding carboxylic acids is 1. The molecule has 0 aliphatic heterocycles. The van der Waals surface area contributed by atoms with Crippen molar-refractivity contribution in [1.29, 1.82) is 0 Å². The zero-order chi connectivity index (χ0) is 21.4. The first-order valence-corrected chi connectivity index (χ1v) is 9.57. The van der Waals surface area contributed by atoms with E-state index in [2.05, 4.69) is 25.3 Å². The molecule has 3 aromatic rings. The summed E-state index contributed by atoms with van der Waals surface area (Å²) in [5.41, 5.74) is 6.32. The van der Waals surface area contributed by atoms with Crippen molar-refractivity contribution in [2.24, 2.45) is 12.1 Å². The maximum Gasteiger partial charge on any atom is 0.387 e. The van der Waals surface area contributed by atoms with E-state index >= 15 is 0 Å². The second-order valence-corrected chi connectivity index (χ2v) is 7.32. The number of hydrogen-bond acceptors (Lipinski definition) is 5. The van der Waals surface area contributed by atoms with E-state index in [0.29, 0.717) is 39.5 Å². The SMILES string of the molecule is C/C(=N/NC(=O)c1cc(C2CC2)nc2c1c(C)nn2C)c1cccc(OC(F)F)c1. The third kappa shape index (κ3) is 4.00. The van der Waals surface area contributed by atoms with Gasteiger partial charge < -0.3 is 4.74 Å². The fourth-order valence-corrected chi connectivity index (χ4v) is 3.39. The summed E-state index contributed by atoms with van der Waals surface area (Å²) in [6.07, 6.45) is 2.12. The Kier molecular flexibility index (Phi) is 5.19. The highest BCUT2D eigenvalue weighted by Gasteiger charge is 2.28. The lowest BCUT2D eigenvalue weighted by Gasteiger charge is -2.08. The van der Waals surface area contributed by atoms with Crippen LogP contribution in [0.3, 0.4) is 0 Å². The van der Waals surface area contributed by atoms with Gasteiger partial charge in [-0.3, -0.25) is 9.48 Å². The van der Waals surface area contributed by atoms with Crippen LogP contribution < -0.4 is 10.2 Å². The average Bonchev–Trinajstić information content (AvgIpc) is 3.51. The molecule has 2 aromatic heterocycles. The minimum Gasteiger partial charge on any atom is -0.435 e. The predicted molar refractivity (Wildman–Crippen MR) is 108 cm³/mol. The molecule has 4 rings (SSSR count). The van der Waals surface area contributed by atoms with E-state index in [1.54, 1.807) is 30.8 Å². The number of benzene rings is 1. The number of hydrogen-bond donors (Lipinski definition) is 1. The van der Waals surface area contributed by atoms with Crippen molar-refractivity contribution in [1.82, 2.24) is 20.2 Å². The summed E-state index contributed by atoms with van der Waals surface area (Å²) in [5, 5.41) is 9.24. The van der Waals surface area contributed by atoms with Gasteiger partial charge in [-0.15, -0.1) is 0 Å². The highest BCUT2D eigenvalue weighted by atomic mass is 19.3. The highest BCUT2D eigenvalue weighted by Crippen LogP contribution is 2.40. The largest absolute Gasteiger partial charge is 0.435 e. The van der Waals surface area contributed by atoms with Gasteiger partial charge in [0.1, 0.15) is 5.75 Å². The Balaban J connectivity index is 1.62. The number of aromatic nitrogens is 3. The first kappa shape index (κ1) is 19.9. The van der Waals surface area contributed by atoms with Gasteiger partial charge in [-0.05, 0) is 44.9 Å². The molecule has 1 saturated carbocycles. The van der Waals surface area contributed by atoms with Crippen LogP contribution in [0.5, 0.6) is 5.75 Å². The lowest BCUT2D eigenvalue weighted by molar-refractivity contribution is -0.0498.